The minimum absolute atomic E-state index is 0.0171. The Labute approximate surface area is 148 Å². The molecule has 0 heterocycles. The molecule has 0 saturated carbocycles. The van der Waals surface area contributed by atoms with Crippen molar-refractivity contribution in [3.05, 3.63) is 76.7 Å². The standard InChI is InChI=1S/C19H18O5S/c1-14-8-10-16(11-9-14)25(22)17(12-18(20)23-2)19(21)24-13-15-6-4-3-5-7-15/h3-12H,13H2,1-2H3/b17-12+/t25-/m0/s1. The van der Waals surface area contributed by atoms with Crippen molar-refractivity contribution in [2.45, 2.75) is 18.4 Å². The summed E-state index contributed by atoms with van der Waals surface area (Å²) in [5.41, 5.74) is 1.78. The summed E-state index contributed by atoms with van der Waals surface area (Å²) in [7, 11) is -0.673. The Balaban J connectivity index is 2.21. The van der Waals surface area contributed by atoms with Gasteiger partial charge in [0.05, 0.1) is 17.9 Å². The Morgan fingerprint density at radius 2 is 1.68 bits per heavy atom. The molecule has 25 heavy (non-hydrogen) atoms. The van der Waals surface area contributed by atoms with Gasteiger partial charge in [-0.1, -0.05) is 48.0 Å². The Morgan fingerprint density at radius 3 is 2.28 bits per heavy atom. The third-order valence-corrected chi connectivity index (χ3v) is 4.68. The van der Waals surface area contributed by atoms with Crippen molar-refractivity contribution < 1.29 is 23.3 Å². The van der Waals surface area contributed by atoms with E-state index in [1.54, 1.807) is 36.4 Å². The van der Waals surface area contributed by atoms with Gasteiger partial charge in [0.2, 0.25) is 0 Å². The second-order valence-electron chi connectivity index (χ2n) is 5.18. The highest BCUT2D eigenvalue weighted by molar-refractivity contribution is 7.90. The summed E-state index contributed by atoms with van der Waals surface area (Å²) >= 11 is 0. The van der Waals surface area contributed by atoms with Crippen LogP contribution in [0, 0.1) is 6.92 Å². The van der Waals surface area contributed by atoms with Crippen LogP contribution in [0.2, 0.25) is 0 Å². The highest BCUT2D eigenvalue weighted by Gasteiger charge is 2.22. The number of aryl methyl sites for hydroxylation is 1. The molecule has 1 atom stereocenters. The first kappa shape index (κ1) is 18.6. The number of rotatable bonds is 6. The summed E-state index contributed by atoms with van der Waals surface area (Å²) in [4.78, 5) is 24.1. The minimum atomic E-state index is -1.85. The maximum absolute atomic E-state index is 12.7. The molecule has 0 bridgehead atoms. The van der Waals surface area contributed by atoms with Crippen molar-refractivity contribution in [3.8, 4) is 0 Å². The highest BCUT2D eigenvalue weighted by Crippen LogP contribution is 2.17. The normalized spacial score (nSPS) is 12.3. The van der Waals surface area contributed by atoms with Crippen molar-refractivity contribution in [2.75, 3.05) is 7.11 Å². The van der Waals surface area contributed by atoms with E-state index in [4.69, 9.17) is 4.74 Å². The molecule has 5 nitrogen and oxygen atoms in total. The van der Waals surface area contributed by atoms with Gasteiger partial charge in [0, 0.05) is 11.0 Å². The molecular weight excluding hydrogens is 340 g/mol. The zero-order valence-electron chi connectivity index (χ0n) is 13.9. The molecule has 2 aromatic rings. The molecule has 0 radical (unpaired) electrons. The van der Waals surface area contributed by atoms with Gasteiger partial charge in [-0.3, -0.25) is 0 Å². The smallest absolute Gasteiger partial charge is 0.348 e. The SMILES string of the molecule is COC(=O)/C=C(\C(=O)OCc1ccccc1)[S@@](=O)c1ccc(C)cc1. The number of hydrogen-bond acceptors (Lipinski definition) is 5. The summed E-state index contributed by atoms with van der Waals surface area (Å²) in [6.07, 6.45) is 0.906. The number of esters is 2. The van der Waals surface area contributed by atoms with E-state index in [2.05, 4.69) is 4.74 Å². The fourth-order valence-electron chi connectivity index (χ4n) is 1.94. The molecule has 0 amide bonds. The summed E-state index contributed by atoms with van der Waals surface area (Å²) in [5.74, 6) is -1.60. The van der Waals surface area contributed by atoms with E-state index in [1.807, 2.05) is 25.1 Å². The monoisotopic (exact) mass is 358 g/mol. The first-order chi connectivity index (χ1) is 12.0. The molecular formula is C19H18O5S. The maximum Gasteiger partial charge on any atom is 0.348 e. The van der Waals surface area contributed by atoms with Crippen LogP contribution in [0.25, 0.3) is 0 Å². The molecule has 130 valence electrons. The van der Waals surface area contributed by atoms with Crippen LogP contribution >= 0.6 is 0 Å². The lowest BCUT2D eigenvalue weighted by molar-refractivity contribution is -0.140. The topological polar surface area (TPSA) is 69.7 Å². The third-order valence-electron chi connectivity index (χ3n) is 3.30. The fourth-order valence-corrected chi connectivity index (χ4v) is 2.99. The number of ether oxygens (including phenoxy) is 2. The van der Waals surface area contributed by atoms with Crippen LogP contribution in [0.1, 0.15) is 11.1 Å². The molecule has 0 spiro atoms. The largest absolute Gasteiger partial charge is 0.466 e. The quantitative estimate of drug-likeness (QED) is 0.587. The van der Waals surface area contributed by atoms with E-state index in [0.717, 1.165) is 17.2 Å². The van der Waals surface area contributed by atoms with Crippen LogP contribution in [-0.4, -0.2) is 23.3 Å². The van der Waals surface area contributed by atoms with E-state index >= 15 is 0 Å². The zero-order chi connectivity index (χ0) is 18.2. The van der Waals surface area contributed by atoms with Crippen molar-refractivity contribution >= 4 is 22.7 Å². The van der Waals surface area contributed by atoms with E-state index < -0.39 is 22.7 Å². The zero-order valence-corrected chi connectivity index (χ0v) is 14.7. The number of methoxy groups -OCH3 is 1. The molecule has 0 unspecified atom stereocenters. The van der Waals surface area contributed by atoms with Crippen LogP contribution in [0.4, 0.5) is 0 Å². The number of benzene rings is 2. The summed E-state index contributed by atoms with van der Waals surface area (Å²) in [6.45, 7) is 1.91. The Bertz CT molecular complexity index is 794. The third kappa shape index (κ3) is 5.39. The van der Waals surface area contributed by atoms with Crippen LogP contribution in [0.3, 0.4) is 0 Å². The van der Waals surface area contributed by atoms with E-state index in [-0.39, 0.29) is 11.5 Å². The molecule has 0 aliphatic heterocycles. The summed E-state index contributed by atoms with van der Waals surface area (Å²) < 4.78 is 22.4. The molecule has 0 saturated heterocycles. The van der Waals surface area contributed by atoms with Crippen LogP contribution in [0.5, 0.6) is 0 Å². The van der Waals surface area contributed by atoms with Crippen molar-refractivity contribution in [1.29, 1.82) is 0 Å². The Hall–Kier alpha value is -2.73. The van der Waals surface area contributed by atoms with Gasteiger partial charge >= 0.3 is 11.9 Å². The lowest BCUT2D eigenvalue weighted by Gasteiger charge is -2.09. The molecule has 0 fully saturated rings. The van der Waals surface area contributed by atoms with Crippen LogP contribution in [0.15, 0.2) is 70.5 Å². The lowest BCUT2D eigenvalue weighted by atomic mass is 10.2. The average Bonchev–Trinajstić information content (AvgIpc) is 2.64. The maximum atomic E-state index is 12.7. The summed E-state index contributed by atoms with van der Waals surface area (Å²) in [6, 6.07) is 15.9. The second-order valence-corrected chi connectivity index (χ2v) is 6.62. The Kier molecular flexibility index (Phi) is 6.65. The van der Waals surface area contributed by atoms with Crippen molar-refractivity contribution in [3.63, 3.8) is 0 Å². The predicted molar refractivity (Wildman–Crippen MR) is 93.9 cm³/mol. The minimum Gasteiger partial charge on any atom is -0.466 e. The molecule has 2 rings (SSSR count). The van der Waals surface area contributed by atoms with Gasteiger partial charge in [0.15, 0.2) is 0 Å². The number of carbonyl (C=O) groups excluding carboxylic acids is 2. The highest BCUT2D eigenvalue weighted by atomic mass is 32.2. The lowest BCUT2D eigenvalue weighted by Crippen LogP contribution is -2.14. The van der Waals surface area contributed by atoms with Gasteiger partial charge in [0.25, 0.3) is 0 Å². The first-order valence-electron chi connectivity index (χ1n) is 7.50. The number of hydrogen-bond donors (Lipinski definition) is 0. The summed E-state index contributed by atoms with van der Waals surface area (Å²) in [5, 5.41) is 0. The molecule has 6 heteroatoms. The van der Waals surface area contributed by atoms with Crippen LogP contribution < -0.4 is 0 Å². The van der Waals surface area contributed by atoms with Gasteiger partial charge in [-0.2, -0.15) is 0 Å². The molecule has 0 N–H and O–H groups in total. The molecule has 0 aliphatic carbocycles. The van der Waals surface area contributed by atoms with Crippen molar-refractivity contribution in [1.82, 2.24) is 0 Å². The fraction of sp³-hybridized carbons (Fsp3) is 0.158. The molecule has 2 aromatic carbocycles. The number of carbonyl (C=O) groups is 2. The molecule has 0 aliphatic rings. The van der Waals surface area contributed by atoms with Crippen LogP contribution in [-0.2, 0) is 36.5 Å². The van der Waals surface area contributed by atoms with Crippen molar-refractivity contribution in [2.24, 2.45) is 0 Å². The second kappa shape index (κ2) is 8.94. The van der Waals surface area contributed by atoms with E-state index in [0.29, 0.717) is 4.90 Å². The predicted octanol–water partition coefficient (Wildman–Crippen LogP) is 2.90. The molecule has 0 aromatic heterocycles. The van der Waals surface area contributed by atoms with Gasteiger partial charge in [-0.05, 0) is 24.6 Å². The van der Waals surface area contributed by atoms with Gasteiger partial charge in [-0.25, -0.2) is 13.8 Å². The Morgan fingerprint density at radius 1 is 1.04 bits per heavy atom. The van der Waals surface area contributed by atoms with E-state index in [9.17, 15) is 13.8 Å². The first-order valence-corrected chi connectivity index (χ1v) is 8.65. The average molecular weight is 358 g/mol. The van der Waals surface area contributed by atoms with E-state index in [1.165, 1.54) is 7.11 Å². The van der Waals surface area contributed by atoms with Gasteiger partial charge < -0.3 is 9.47 Å². The van der Waals surface area contributed by atoms with Gasteiger partial charge in [-0.15, -0.1) is 0 Å². The van der Waals surface area contributed by atoms with Gasteiger partial charge in [0.1, 0.15) is 11.5 Å².